The van der Waals surface area contributed by atoms with Crippen molar-refractivity contribution in [2.75, 3.05) is 20.1 Å². The van der Waals surface area contributed by atoms with Crippen LogP contribution in [-0.4, -0.2) is 35.6 Å². The van der Waals surface area contributed by atoms with Gasteiger partial charge in [-0.25, -0.2) is 4.39 Å². The maximum Gasteiger partial charge on any atom is 0.139 e. The van der Waals surface area contributed by atoms with Gasteiger partial charge in [-0.3, -0.25) is 10.7 Å². The molecule has 19 heavy (non-hydrogen) atoms. The minimum absolute atomic E-state index is 0.0680. The fourth-order valence-electron chi connectivity index (χ4n) is 2.54. The largest absolute Gasteiger partial charge is 0.313 e. The van der Waals surface area contributed by atoms with Crippen molar-refractivity contribution >= 4 is 0 Å². The quantitative estimate of drug-likeness (QED) is 0.768. The lowest BCUT2D eigenvalue weighted by Crippen LogP contribution is -2.30. The van der Waals surface area contributed by atoms with Gasteiger partial charge >= 0.3 is 0 Å². The molecule has 0 spiro atoms. The molecule has 0 aliphatic carbocycles. The first-order valence-corrected chi connectivity index (χ1v) is 6.93. The number of rotatable bonds is 6. The monoisotopic (exact) mass is 266 g/mol. The Balaban J connectivity index is 2.06. The van der Waals surface area contributed by atoms with Crippen LogP contribution in [-0.2, 0) is 0 Å². The molecule has 0 amide bonds. The van der Waals surface area contributed by atoms with E-state index in [1.165, 1.54) is 18.3 Å². The number of hydrogen-bond acceptors (Lipinski definition) is 3. The highest BCUT2D eigenvalue weighted by Crippen LogP contribution is 2.31. The molecule has 4 nitrogen and oxygen atoms in total. The Bertz CT molecular complexity index is 485. The highest BCUT2D eigenvalue weighted by Gasteiger charge is 2.43. The lowest BCUT2D eigenvalue weighted by atomic mass is 10.0. The molecule has 1 aromatic heterocycles. The van der Waals surface area contributed by atoms with Crippen molar-refractivity contribution in [3.63, 3.8) is 0 Å². The highest BCUT2D eigenvalue weighted by atomic mass is 19.1. The van der Waals surface area contributed by atoms with Crippen LogP contribution < -0.4 is 10.8 Å². The predicted octanol–water partition coefficient (Wildman–Crippen LogP) is 1.55. The second-order valence-corrected chi connectivity index (χ2v) is 5.30. The van der Waals surface area contributed by atoms with Crippen LogP contribution >= 0.6 is 0 Å². The summed E-state index contributed by atoms with van der Waals surface area (Å²) in [5, 5.41) is 11.2. The lowest BCUT2D eigenvalue weighted by Gasteiger charge is -2.21. The second kappa shape index (κ2) is 5.84. The van der Waals surface area contributed by atoms with Crippen LogP contribution in [0, 0.1) is 17.1 Å². The summed E-state index contributed by atoms with van der Waals surface area (Å²) in [7, 11) is 2.12. The summed E-state index contributed by atoms with van der Waals surface area (Å²) >= 11 is 0. The lowest BCUT2D eigenvalue weighted by molar-refractivity contribution is 0.275. The molecule has 3 atom stereocenters. The van der Waals surface area contributed by atoms with Gasteiger partial charge in [0.05, 0.1) is 0 Å². The first-order valence-electron chi connectivity index (χ1n) is 6.93. The molecule has 1 fully saturated rings. The third-order valence-electron chi connectivity index (χ3n) is 3.95. The zero-order valence-electron chi connectivity index (χ0n) is 11.9. The zero-order chi connectivity index (χ0) is 14.0. The Hall–Kier alpha value is -1.20. The molecule has 1 saturated heterocycles. The molecule has 3 unspecified atom stereocenters. The van der Waals surface area contributed by atoms with E-state index in [4.69, 9.17) is 5.41 Å². The van der Waals surface area contributed by atoms with Crippen LogP contribution in [0.2, 0.25) is 0 Å². The van der Waals surface area contributed by atoms with Gasteiger partial charge in [-0.05, 0) is 31.6 Å². The van der Waals surface area contributed by atoms with Crippen LogP contribution in [0.15, 0.2) is 18.3 Å². The Morgan fingerprint density at radius 3 is 2.84 bits per heavy atom. The van der Waals surface area contributed by atoms with Gasteiger partial charge in [0.2, 0.25) is 0 Å². The maximum absolute atomic E-state index is 13.3. The molecule has 0 bridgehead atoms. The van der Waals surface area contributed by atoms with Gasteiger partial charge in [-0.2, -0.15) is 0 Å². The van der Waals surface area contributed by atoms with Crippen molar-refractivity contribution in [3.8, 4) is 0 Å². The van der Waals surface area contributed by atoms with E-state index >= 15 is 0 Å². The van der Waals surface area contributed by atoms with Crippen molar-refractivity contribution in [2.24, 2.45) is 5.92 Å². The van der Waals surface area contributed by atoms with E-state index in [1.807, 2.05) is 0 Å². The van der Waals surface area contributed by atoms with Gasteiger partial charge in [0, 0.05) is 18.8 Å². The Morgan fingerprint density at radius 1 is 1.47 bits per heavy atom. The van der Waals surface area contributed by atoms with Crippen LogP contribution in [0.4, 0.5) is 4.39 Å². The third kappa shape index (κ3) is 3.22. The van der Waals surface area contributed by atoms with Crippen LogP contribution in [0.25, 0.3) is 0 Å². The molecule has 2 heterocycles. The van der Waals surface area contributed by atoms with E-state index in [1.54, 1.807) is 4.57 Å². The van der Waals surface area contributed by atoms with Gasteiger partial charge in [0.15, 0.2) is 0 Å². The van der Waals surface area contributed by atoms with Gasteiger partial charge in [-0.1, -0.05) is 20.3 Å². The topological polar surface area (TPSA) is 54.0 Å². The SMILES string of the molecule is CCC(CN(C)CC)C1NC1n1cc(F)ccc1=N. The number of nitrogens with zero attached hydrogens (tertiary/aromatic N) is 2. The van der Waals surface area contributed by atoms with Crippen molar-refractivity contribution in [1.29, 1.82) is 5.41 Å². The van der Waals surface area contributed by atoms with E-state index in [0.717, 1.165) is 19.5 Å². The summed E-state index contributed by atoms with van der Waals surface area (Å²) in [6.07, 6.45) is 2.57. The molecule has 0 aromatic carbocycles. The van der Waals surface area contributed by atoms with Gasteiger partial charge < -0.3 is 9.47 Å². The summed E-state index contributed by atoms with van der Waals surface area (Å²) in [6.45, 7) is 6.39. The number of halogens is 1. The summed E-state index contributed by atoms with van der Waals surface area (Å²) in [6, 6.07) is 3.18. The van der Waals surface area contributed by atoms with Crippen molar-refractivity contribution in [2.45, 2.75) is 32.5 Å². The zero-order valence-corrected chi connectivity index (χ0v) is 11.9. The molecule has 106 valence electrons. The smallest absolute Gasteiger partial charge is 0.139 e. The minimum Gasteiger partial charge on any atom is -0.313 e. The molecule has 2 rings (SSSR count). The third-order valence-corrected chi connectivity index (χ3v) is 3.95. The van der Waals surface area contributed by atoms with Crippen molar-refractivity contribution < 1.29 is 4.39 Å². The number of hydrogen-bond donors (Lipinski definition) is 2. The maximum atomic E-state index is 13.3. The average Bonchev–Trinajstić information content (AvgIpc) is 3.18. The second-order valence-electron chi connectivity index (χ2n) is 5.30. The number of nitrogens with one attached hydrogen (secondary N) is 2. The summed E-state index contributed by atoms with van der Waals surface area (Å²) in [4.78, 5) is 2.29. The summed E-state index contributed by atoms with van der Waals surface area (Å²) < 4.78 is 15.0. The Labute approximate surface area is 113 Å². The minimum atomic E-state index is -0.290. The molecule has 1 aliphatic heterocycles. The molecule has 0 saturated carbocycles. The van der Waals surface area contributed by atoms with Gasteiger partial charge in [0.1, 0.15) is 17.5 Å². The number of aromatic nitrogens is 1. The van der Waals surface area contributed by atoms with Crippen LogP contribution in [0.1, 0.15) is 26.4 Å². The van der Waals surface area contributed by atoms with Gasteiger partial charge in [0.25, 0.3) is 0 Å². The standard InChI is InChI=1S/C14H23FN4/c1-4-10(8-18(3)5-2)13-14(17-13)19-9-11(15)6-7-12(19)16/h6-7,9-10,13-14,16-17H,4-5,8H2,1-3H3. The predicted molar refractivity (Wildman–Crippen MR) is 73.2 cm³/mol. The van der Waals surface area contributed by atoms with E-state index in [9.17, 15) is 4.39 Å². The first kappa shape index (κ1) is 14.2. The highest BCUT2D eigenvalue weighted by molar-refractivity contribution is 5.05. The van der Waals surface area contributed by atoms with Gasteiger partial charge in [-0.15, -0.1) is 0 Å². The molecular weight excluding hydrogens is 243 g/mol. The van der Waals surface area contributed by atoms with Crippen LogP contribution in [0.5, 0.6) is 0 Å². The molecule has 0 radical (unpaired) electrons. The Kier molecular flexibility index (Phi) is 4.37. The summed E-state index contributed by atoms with van der Waals surface area (Å²) in [5.41, 5.74) is 0.347. The van der Waals surface area contributed by atoms with E-state index in [-0.39, 0.29) is 12.0 Å². The van der Waals surface area contributed by atoms with Crippen molar-refractivity contribution in [3.05, 3.63) is 29.6 Å². The molecule has 1 aliphatic rings. The van der Waals surface area contributed by atoms with E-state index in [2.05, 4.69) is 31.1 Å². The molecular formula is C14H23FN4. The van der Waals surface area contributed by atoms with Crippen LogP contribution in [0.3, 0.4) is 0 Å². The molecule has 1 aromatic rings. The normalized spacial score (nSPS) is 23.6. The number of pyridine rings is 1. The average molecular weight is 266 g/mol. The fraction of sp³-hybridized carbons (Fsp3) is 0.643. The fourth-order valence-corrected chi connectivity index (χ4v) is 2.54. The first-order chi connectivity index (χ1) is 9.06. The molecule has 2 N–H and O–H groups in total. The molecule has 5 heteroatoms. The van der Waals surface area contributed by atoms with E-state index < -0.39 is 0 Å². The van der Waals surface area contributed by atoms with E-state index in [0.29, 0.717) is 17.4 Å². The summed E-state index contributed by atoms with van der Waals surface area (Å²) in [5.74, 6) is 0.243. The Morgan fingerprint density at radius 2 is 2.21 bits per heavy atom. The van der Waals surface area contributed by atoms with Crippen molar-refractivity contribution in [1.82, 2.24) is 14.8 Å².